The van der Waals surface area contributed by atoms with Crippen molar-refractivity contribution in [2.24, 2.45) is 0 Å². The third-order valence-electron chi connectivity index (χ3n) is 6.09. The second kappa shape index (κ2) is 13.4. The van der Waals surface area contributed by atoms with Gasteiger partial charge in [-0.25, -0.2) is 0 Å². The first-order chi connectivity index (χ1) is 21.5. The summed E-state index contributed by atoms with van der Waals surface area (Å²) in [5.41, 5.74) is 8.19. The molecule has 246 valence electrons. The Kier molecular flexibility index (Phi) is 9.94. The van der Waals surface area contributed by atoms with Gasteiger partial charge in [-0.15, -0.1) is 0 Å². The van der Waals surface area contributed by atoms with Gasteiger partial charge < -0.3 is 32.5 Å². The van der Waals surface area contributed by atoms with E-state index in [0.29, 0.717) is 16.8 Å². The summed E-state index contributed by atoms with van der Waals surface area (Å²) in [6.45, 7) is 0.0345. The van der Waals surface area contributed by atoms with Crippen LogP contribution in [0.4, 0.5) is 5.69 Å². The van der Waals surface area contributed by atoms with Crippen molar-refractivity contribution >= 4 is 36.0 Å². The molecule has 0 aliphatic carbocycles. The van der Waals surface area contributed by atoms with E-state index in [-0.39, 0.29) is 52.2 Å². The minimum Gasteiger partial charge on any atom is -0.496 e. The Morgan fingerprint density at radius 2 is 1.24 bits per heavy atom. The number of hydrogen-bond acceptors (Lipinski definition) is 13. The van der Waals surface area contributed by atoms with Crippen LogP contribution >= 0.6 is 0 Å². The van der Waals surface area contributed by atoms with Gasteiger partial charge in [0.05, 0.1) is 38.6 Å². The molecule has 0 atom stereocenters. The molecule has 0 fully saturated rings. The van der Waals surface area contributed by atoms with Crippen molar-refractivity contribution in [1.29, 1.82) is 0 Å². The van der Waals surface area contributed by atoms with Crippen LogP contribution in [0.1, 0.15) is 5.56 Å². The van der Waals surface area contributed by atoms with Gasteiger partial charge in [-0.1, -0.05) is 30.3 Å². The molecule has 0 radical (unpaired) electrons. The number of anilines is 1. The lowest BCUT2D eigenvalue weighted by molar-refractivity contribution is 0.296. The van der Waals surface area contributed by atoms with Crippen LogP contribution in [0, 0.1) is 0 Å². The summed E-state index contributed by atoms with van der Waals surface area (Å²) < 4.78 is 105. The fraction of sp³-hybridized carbons (Fsp3) is 0.200. The number of benzene rings is 4. The predicted molar refractivity (Wildman–Crippen MR) is 172 cm³/mol. The molecule has 0 spiro atoms. The van der Waals surface area contributed by atoms with E-state index < -0.39 is 30.4 Å². The number of ether oxygens (including phenoxy) is 3. The summed E-state index contributed by atoms with van der Waals surface area (Å²) in [6.07, 6.45) is 2.62. The molecule has 0 heterocycles. The predicted octanol–water partition coefficient (Wildman–Crippen LogP) is 4.21. The Bertz CT molecular complexity index is 2080. The number of hydrogen-bond donors (Lipinski definition) is 1. The molecule has 4 rings (SSSR count). The van der Waals surface area contributed by atoms with Crippen LogP contribution in [-0.4, -0.2) is 58.2 Å². The molecular weight excluding hydrogens is 663 g/mol. The average molecular weight is 694 g/mol. The van der Waals surface area contributed by atoms with Gasteiger partial charge >= 0.3 is 30.4 Å². The first-order valence-corrected chi connectivity index (χ1v) is 18.6. The third kappa shape index (κ3) is 8.95. The first-order valence-electron chi connectivity index (χ1n) is 13.2. The highest BCUT2D eigenvalue weighted by Crippen LogP contribution is 2.51. The molecule has 2 N–H and O–H groups in total. The third-order valence-corrected chi connectivity index (χ3v) is 7.54. The SMILES string of the molecule is COc1cc(-c2ccc(OS(C)(=O)=O)cc2)c(OC)c(OS(C)(=O)=O)c1-c1ccc(OCc2cccc(N)c2)c(OS(C)(=O)=O)c1. The van der Waals surface area contributed by atoms with Crippen molar-refractivity contribution < 1.29 is 52.0 Å². The lowest BCUT2D eigenvalue weighted by Gasteiger charge is -2.21. The molecule has 0 saturated carbocycles. The van der Waals surface area contributed by atoms with Crippen LogP contribution < -0.4 is 32.5 Å². The van der Waals surface area contributed by atoms with Gasteiger partial charge in [-0.2, -0.15) is 25.3 Å². The zero-order valence-corrected chi connectivity index (χ0v) is 27.8. The zero-order valence-electron chi connectivity index (χ0n) is 25.3. The summed E-state index contributed by atoms with van der Waals surface area (Å²) in [5.74, 6) is -0.246. The molecule has 0 unspecified atom stereocenters. The van der Waals surface area contributed by atoms with Crippen LogP contribution in [0.5, 0.6) is 34.5 Å². The van der Waals surface area contributed by atoms with Gasteiger partial charge in [0.2, 0.25) is 0 Å². The molecule has 4 aromatic carbocycles. The Hall–Kier alpha value is -4.67. The van der Waals surface area contributed by atoms with E-state index in [1.807, 2.05) is 0 Å². The molecule has 4 aromatic rings. The highest BCUT2D eigenvalue weighted by Gasteiger charge is 2.27. The molecule has 13 nitrogen and oxygen atoms in total. The second-order valence-electron chi connectivity index (χ2n) is 9.95. The van der Waals surface area contributed by atoms with Crippen molar-refractivity contribution in [3.05, 3.63) is 78.4 Å². The van der Waals surface area contributed by atoms with E-state index in [9.17, 15) is 25.3 Å². The van der Waals surface area contributed by atoms with Crippen LogP contribution in [0.3, 0.4) is 0 Å². The summed E-state index contributed by atoms with van der Waals surface area (Å²) in [5, 5.41) is 0. The topological polar surface area (TPSA) is 184 Å². The average Bonchev–Trinajstić information content (AvgIpc) is 2.94. The smallest absolute Gasteiger partial charge is 0.306 e. The standard InChI is InChI=1S/C30H31NO12S3/c1-38-27-17-24(20-9-12-23(13-10-20)41-44(3,32)33)29(39-2)30(43-46(5,36)37)28(27)21-11-14-25(26(16-21)42-45(4,34)35)40-18-19-7-6-8-22(31)15-19/h6-17H,18,31H2,1-5H3. The summed E-state index contributed by atoms with van der Waals surface area (Å²) in [7, 11) is -9.33. The maximum absolute atomic E-state index is 12.5. The van der Waals surface area contributed by atoms with E-state index in [1.54, 1.807) is 30.3 Å². The fourth-order valence-corrected chi connectivity index (χ4v) is 5.80. The van der Waals surface area contributed by atoms with E-state index in [2.05, 4.69) is 0 Å². The summed E-state index contributed by atoms with van der Waals surface area (Å²) in [6, 6.07) is 18.7. The molecule has 0 amide bonds. The molecule has 0 bridgehead atoms. The second-order valence-corrected chi connectivity index (χ2v) is 14.7. The number of nitrogens with two attached hydrogens (primary N) is 1. The van der Waals surface area contributed by atoms with Gasteiger partial charge in [0.25, 0.3) is 0 Å². The van der Waals surface area contributed by atoms with Gasteiger partial charge in [0.15, 0.2) is 23.0 Å². The van der Waals surface area contributed by atoms with Gasteiger partial charge in [0.1, 0.15) is 18.1 Å². The normalized spacial score (nSPS) is 11.8. The van der Waals surface area contributed by atoms with Gasteiger partial charge in [0, 0.05) is 11.3 Å². The van der Waals surface area contributed by atoms with Gasteiger partial charge in [-0.3, -0.25) is 0 Å². The summed E-state index contributed by atoms with van der Waals surface area (Å²) >= 11 is 0. The Morgan fingerprint density at radius 3 is 1.80 bits per heavy atom. The Labute approximate surface area is 267 Å². The Balaban J connectivity index is 1.90. The quantitative estimate of drug-likeness (QED) is 0.155. The number of nitrogen functional groups attached to an aromatic ring is 1. The van der Waals surface area contributed by atoms with E-state index >= 15 is 0 Å². The van der Waals surface area contributed by atoms with E-state index in [1.165, 1.54) is 56.7 Å². The number of rotatable bonds is 13. The largest absolute Gasteiger partial charge is 0.496 e. The Morgan fingerprint density at radius 1 is 0.609 bits per heavy atom. The van der Waals surface area contributed by atoms with E-state index in [0.717, 1.165) is 24.3 Å². The summed E-state index contributed by atoms with van der Waals surface area (Å²) in [4.78, 5) is 0. The van der Waals surface area contributed by atoms with Gasteiger partial charge in [-0.05, 0) is 59.2 Å². The maximum atomic E-state index is 12.5. The molecule has 0 aromatic heterocycles. The molecule has 46 heavy (non-hydrogen) atoms. The minimum absolute atomic E-state index is 0.0226. The molecular formula is C30H31NO12S3. The van der Waals surface area contributed by atoms with Crippen molar-refractivity contribution in [3.8, 4) is 56.8 Å². The number of methoxy groups -OCH3 is 2. The highest BCUT2D eigenvalue weighted by atomic mass is 32.2. The van der Waals surface area contributed by atoms with Crippen molar-refractivity contribution in [1.82, 2.24) is 0 Å². The molecule has 16 heteroatoms. The zero-order chi connectivity index (χ0) is 33.9. The monoisotopic (exact) mass is 693 g/mol. The molecule has 0 saturated heterocycles. The fourth-order valence-electron chi connectivity index (χ4n) is 4.42. The minimum atomic E-state index is -4.17. The first kappa shape index (κ1) is 34.2. The van der Waals surface area contributed by atoms with E-state index in [4.69, 9.17) is 32.5 Å². The van der Waals surface area contributed by atoms with Crippen molar-refractivity contribution in [2.45, 2.75) is 6.61 Å². The molecule has 0 aliphatic rings. The lowest BCUT2D eigenvalue weighted by atomic mass is 9.96. The lowest BCUT2D eigenvalue weighted by Crippen LogP contribution is -2.10. The van der Waals surface area contributed by atoms with Crippen LogP contribution in [0.2, 0.25) is 0 Å². The van der Waals surface area contributed by atoms with Crippen molar-refractivity contribution in [2.75, 3.05) is 38.7 Å². The highest BCUT2D eigenvalue weighted by molar-refractivity contribution is 7.86. The van der Waals surface area contributed by atoms with Crippen LogP contribution in [-0.2, 0) is 37.0 Å². The molecule has 0 aliphatic heterocycles. The maximum Gasteiger partial charge on any atom is 0.306 e. The van der Waals surface area contributed by atoms with Crippen LogP contribution in [0.15, 0.2) is 72.8 Å². The van der Waals surface area contributed by atoms with Crippen molar-refractivity contribution in [3.63, 3.8) is 0 Å². The van der Waals surface area contributed by atoms with Crippen LogP contribution in [0.25, 0.3) is 22.3 Å².